The number of hydrogen-bond donors (Lipinski definition) is 1. The minimum absolute atomic E-state index is 0.156. The SMILES string of the molecule is Cn1cc(Sc2cc(C(F)(F)F)cc(N)n2)cn1. The summed E-state index contributed by atoms with van der Waals surface area (Å²) in [5, 5.41) is 4.11. The van der Waals surface area contributed by atoms with Crippen molar-refractivity contribution in [2.75, 3.05) is 5.73 Å². The van der Waals surface area contributed by atoms with Crippen molar-refractivity contribution in [3.8, 4) is 0 Å². The van der Waals surface area contributed by atoms with Crippen LogP contribution in [0.3, 0.4) is 0 Å². The zero-order valence-corrected chi connectivity index (χ0v) is 10.1. The topological polar surface area (TPSA) is 56.7 Å². The minimum Gasteiger partial charge on any atom is -0.384 e. The lowest BCUT2D eigenvalue weighted by atomic mass is 10.2. The van der Waals surface area contributed by atoms with E-state index in [-0.39, 0.29) is 10.8 Å². The molecule has 4 nitrogen and oxygen atoms in total. The van der Waals surface area contributed by atoms with Gasteiger partial charge in [-0.2, -0.15) is 18.3 Å². The number of halogens is 3. The van der Waals surface area contributed by atoms with E-state index >= 15 is 0 Å². The Labute approximate surface area is 105 Å². The fourth-order valence-corrected chi connectivity index (χ4v) is 2.20. The van der Waals surface area contributed by atoms with Crippen LogP contribution in [0.4, 0.5) is 19.0 Å². The van der Waals surface area contributed by atoms with E-state index in [1.54, 1.807) is 24.1 Å². The van der Waals surface area contributed by atoms with E-state index in [4.69, 9.17) is 5.73 Å². The summed E-state index contributed by atoms with van der Waals surface area (Å²) in [5.41, 5.74) is 4.57. The number of aryl methyl sites for hydroxylation is 1. The van der Waals surface area contributed by atoms with Gasteiger partial charge in [-0.25, -0.2) is 4.98 Å². The van der Waals surface area contributed by atoms with Gasteiger partial charge in [0.2, 0.25) is 0 Å². The van der Waals surface area contributed by atoms with Gasteiger partial charge in [0.25, 0.3) is 0 Å². The summed E-state index contributed by atoms with van der Waals surface area (Å²) in [4.78, 5) is 4.55. The quantitative estimate of drug-likeness (QED) is 0.914. The summed E-state index contributed by atoms with van der Waals surface area (Å²) in [6.07, 6.45) is -1.20. The van der Waals surface area contributed by atoms with Crippen LogP contribution < -0.4 is 5.73 Å². The Morgan fingerprint density at radius 3 is 2.61 bits per heavy atom. The highest BCUT2D eigenvalue weighted by atomic mass is 32.2. The summed E-state index contributed by atoms with van der Waals surface area (Å²) in [7, 11) is 1.72. The first kappa shape index (κ1) is 12.7. The first-order valence-corrected chi connectivity index (χ1v) is 5.67. The maximum atomic E-state index is 12.6. The molecule has 0 unspecified atom stereocenters. The molecule has 2 N–H and O–H groups in total. The summed E-state index contributed by atoms with van der Waals surface area (Å²) >= 11 is 1.08. The van der Waals surface area contributed by atoms with Gasteiger partial charge in [-0.3, -0.25) is 4.68 Å². The highest BCUT2D eigenvalue weighted by Crippen LogP contribution is 2.34. The van der Waals surface area contributed by atoms with Crippen LogP contribution in [0.15, 0.2) is 34.4 Å². The largest absolute Gasteiger partial charge is 0.416 e. The fraction of sp³-hybridized carbons (Fsp3) is 0.200. The Morgan fingerprint density at radius 1 is 1.33 bits per heavy atom. The van der Waals surface area contributed by atoms with Crippen LogP contribution in [0, 0.1) is 0 Å². The number of pyridine rings is 1. The molecule has 0 bridgehead atoms. The number of nitrogen functional groups attached to an aromatic ring is 1. The number of alkyl halides is 3. The van der Waals surface area contributed by atoms with Gasteiger partial charge in [0.15, 0.2) is 0 Å². The van der Waals surface area contributed by atoms with Crippen molar-refractivity contribution in [1.29, 1.82) is 0 Å². The van der Waals surface area contributed by atoms with Crippen LogP contribution in [0.1, 0.15) is 5.56 Å². The molecule has 0 amide bonds. The average Bonchev–Trinajstić information content (AvgIpc) is 2.61. The summed E-state index contributed by atoms with van der Waals surface area (Å²) < 4.78 is 39.3. The Balaban J connectivity index is 2.31. The molecule has 0 saturated heterocycles. The molecule has 0 aliphatic heterocycles. The molecule has 0 aliphatic rings. The van der Waals surface area contributed by atoms with Crippen LogP contribution in [0.2, 0.25) is 0 Å². The van der Waals surface area contributed by atoms with E-state index < -0.39 is 11.7 Å². The predicted molar refractivity (Wildman–Crippen MR) is 61.0 cm³/mol. The van der Waals surface area contributed by atoms with Gasteiger partial charge in [-0.15, -0.1) is 0 Å². The average molecular weight is 274 g/mol. The highest BCUT2D eigenvalue weighted by molar-refractivity contribution is 7.99. The van der Waals surface area contributed by atoms with Gasteiger partial charge in [0.1, 0.15) is 10.8 Å². The minimum atomic E-state index is -4.43. The molecule has 0 fully saturated rings. The van der Waals surface area contributed by atoms with Crippen LogP contribution >= 0.6 is 11.8 Å². The normalized spacial score (nSPS) is 11.8. The molecule has 2 rings (SSSR count). The third-order valence-corrected chi connectivity index (χ3v) is 2.92. The molecule has 0 radical (unpaired) electrons. The zero-order chi connectivity index (χ0) is 13.3. The van der Waals surface area contributed by atoms with Crippen molar-refractivity contribution in [1.82, 2.24) is 14.8 Å². The molecule has 0 aliphatic carbocycles. The smallest absolute Gasteiger partial charge is 0.384 e. The van der Waals surface area contributed by atoms with Crippen molar-refractivity contribution in [3.63, 3.8) is 0 Å². The molecular weight excluding hydrogens is 265 g/mol. The zero-order valence-electron chi connectivity index (χ0n) is 9.27. The second kappa shape index (κ2) is 4.52. The molecule has 0 aromatic carbocycles. The second-order valence-electron chi connectivity index (χ2n) is 3.57. The van der Waals surface area contributed by atoms with Crippen LogP contribution in [-0.4, -0.2) is 14.8 Å². The number of aromatic nitrogens is 3. The number of nitrogens with two attached hydrogens (primary N) is 1. The first-order chi connectivity index (χ1) is 8.34. The third kappa shape index (κ3) is 2.95. The predicted octanol–water partition coefficient (Wildman–Crippen LogP) is 2.57. The van der Waals surface area contributed by atoms with E-state index in [2.05, 4.69) is 10.1 Å². The molecule has 96 valence electrons. The standard InChI is InChI=1S/C10H9F3N4S/c1-17-5-7(4-15-17)18-9-3-6(10(11,12)13)2-8(14)16-9/h2-5H,1H3,(H2,14,16). The van der Waals surface area contributed by atoms with Gasteiger partial charge in [-0.05, 0) is 12.1 Å². The van der Waals surface area contributed by atoms with E-state index in [0.29, 0.717) is 4.90 Å². The van der Waals surface area contributed by atoms with Gasteiger partial charge >= 0.3 is 6.18 Å². The van der Waals surface area contributed by atoms with E-state index in [0.717, 1.165) is 23.9 Å². The number of rotatable bonds is 2. The van der Waals surface area contributed by atoms with Crippen LogP contribution in [0.25, 0.3) is 0 Å². The van der Waals surface area contributed by atoms with Crippen molar-refractivity contribution >= 4 is 17.6 Å². The van der Waals surface area contributed by atoms with E-state index in [1.165, 1.54) is 0 Å². The van der Waals surface area contributed by atoms with Gasteiger partial charge < -0.3 is 5.73 Å². The van der Waals surface area contributed by atoms with Crippen molar-refractivity contribution in [3.05, 3.63) is 30.1 Å². The highest BCUT2D eigenvalue weighted by Gasteiger charge is 2.31. The first-order valence-electron chi connectivity index (χ1n) is 4.86. The Bertz CT molecular complexity index is 564. The lowest BCUT2D eigenvalue weighted by Gasteiger charge is -2.08. The maximum absolute atomic E-state index is 12.6. The second-order valence-corrected chi connectivity index (χ2v) is 4.66. The van der Waals surface area contributed by atoms with Crippen molar-refractivity contribution in [2.45, 2.75) is 16.1 Å². The van der Waals surface area contributed by atoms with Crippen molar-refractivity contribution < 1.29 is 13.2 Å². The Morgan fingerprint density at radius 2 is 2.06 bits per heavy atom. The summed E-state index contributed by atoms with van der Waals surface area (Å²) in [5.74, 6) is -0.156. The molecule has 2 aromatic heterocycles. The fourth-order valence-electron chi connectivity index (χ4n) is 1.31. The molecule has 0 saturated carbocycles. The Kier molecular flexibility index (Phi) is 3.20. The molecule has 0 spiro atoms. The van der Waals surface area contributed by atoms with Crippen LogP contribution in [-0.2, 0) is 13.2 Å². The van der Waals surface area contributed by atoms with Gasteiger partial charge in [0, 0.05) is 13.2 Å². The number of anilines is 1. The molecule has 18 heavy (non-hydrogen) atoms. The number of hydrogen-bond acceptors (Lipinski definition) is 4. The maximum Gasteiger partial charge on any atom is 0.416 e. The monoisotopic (exact) mass is 274 g/mol. The lowest BCUT2D eigenvalue weighted by Crippen LogP contribution is -2.07. The van der Waals surface area contributed by atoms with Crippen LogP contribution in [0.5, 0.6) is 0 Å². The summed E-state index contributed by atoms with van der Waals surface area (Å²) in [6, 6.07) is 1.78. The van der Waals surface area contributed by atoms with Crippen molar-refractivity contribution in [2.24, 2.45) is 7.05 Å². The molecule has 8 heteroatoms. The lowest BCUT2D eigenvalue weighted by molar-refractivity contribution is -0.137. The molecular formula is C10H9F3N4S. The molecule has 2 aromatic rings. The molecule has 0 atom stereocenters. The van der Waals surface area contributed by atoms with Gasteiger partial charge in [-0.1, -0.05) is 11.8 Å². The molecule has 2 heterocycles. The van der Waals surface area contributed by atoms with E-state index in [9.17, 15) is 13.2 Å². The summed E-state index contributed by atoms with van der Waals surface area (Å²) in [6.45, 7) is 0. The van der Waals surface area contributed by atoms with Gasteiger partial charge in [0.05, 0.1) is 16.7 Å². The van der Waals surface area contributed by atoms with E-state index in [1.807, 2.05) is 0 Å². The third-order valence-electron chi connectivity index (χ3n) is 2.05. The number of nitrogens with zero attached hydrogens (tertiary/aromatic N) is 3. The Hall–Kier alpha value is -1.70.